The monoisotopic (exact) mass is 404 g/mol. The molecule has 0 radical (unpaired) electrons. The van der Waals surface area contributed by atoms with Gasteiger partial charge in [-0.3, -0.25) is 10.6 Å². The smallest absolute Gasteiger partial charge is 0.284 e. The Bertz CT molecular complexity index is 1340. The molecule has 3 heterocycles. The van der Waals surface area contributed by atoms with Crippen molar-refractivity contribution in [3.63, 3.8) is 0 Å². The molecule has 2 N–H and O–H groups in total. The molecule has 4 rings (SSSR count). The molecule has 0 spiro atoms. The summed E-state index contributed by atoms with van der Waals surface area (Å²) in [4.78, 5) is 17.5. The maximum Gasteiger partial charge on any atom is 0.353 e. The van der Waals surface area contributed by atoms with Crippen LogP contribution < -0.4 is 16.5 Å². The lowest BCUT2D eigenvalue weighted by molar-refractivity contribution is -0.0190. The molecule has 8 heteroatoms. The number of aromatic nitrogens is 4. The van der Waals surface area contributed by atoms with Crippen LogP contribution in [0.5, 0.6) is 0 Å². The molecule has 3 aromatic rings. The van der Waals surface area contributed by atoms with Gasteiger partial charge in [0.2, 0.25) is 5.62 Å². The van der Waals surface area contributed by atoms with Crippen molar-refractivity contribution < 1.29 is 5.21 Å². The highest BCUT2D eigenvalue weighted by atomic mass is 16.5. The van der Waals surface area contributed by atoms with Crippen LogP contribution in [-0.4, -0.2) is 29.4 Å². The SMILES string of the molecule is CC1=CC(=c2c(-c3ccccc3)nc(=N)n3c(=O)n(CC(C)C)nc23)C=C(C)N1O. The Balaban J connectivity index is 2.21. The van der Waals surface area contributed by atoms with Crippen LogP contribution in [0.4, 0.5) is 0 Å². The van der Waals surface area contributed by atoms with Gasteiger partial charge in [0.05, 0.1) is 10.9 Å². The van der Waals surface area contributed by atoms with Crippen molar-refractivity contribution in [1.29, 1.82) is 5.41 Å². The predicted molar refractivity (Wildman–Crippen MR) is 113 cm³/mol. The normalized spacial score (nSPS) is 14.5. The van der Waals surface area contributed by atoms with Crippen LogP contribution in [0.15, 0.2) is 58.7 Å². The molecule has 0 unspecified atom stereocenters. The van der Waals surface area contributed by atoms with Gasteiger partial charge in [-0.25, -0.2) is 23.9 Å². The Morgan fingerprint density at radius 2 is 1.73 bits per heavy atom. The molecule has 8 nitrogen and oxygen atoms in total. The highest BCUT2D eigenvalue weighted by Crippen LogP contribution is 2.22. The first-order valence-corrected chi connectivity index (χ1v) is 9.81. The second kappa shape index (κ2) is 7.38. The molecule has 0 saturated carbocycles. The fraction of sp³-hybridized carbons (Fsp3) is 0.273. The Labute approximate surface area is 173 Å². The van der Waals surface area contributed by atoms with Gasteiger partial charge in [0.15, 0.2) is 5.65 Å². The second-order valence-corrected chi connectivity index (χ2v) is 7.88. The minimum absolute atomic E-state index is 0.158. The van der Waals surface area contributed by atoms with E-state index in [0.29, 0.717) is 34.5 Å². The number of fused-ring (bicyclic) bond motifs is 1. The number of rotatable bonds is 3. The van der Waals surface area contributed by atoms with Gasteiger partial charge in [-0.1, -0.05) is 44.2 Å². The van der Waals surface area contributed by atoms with Crippen molar-refractivity contribution in [2.24, 2.45) is 5.92 Å². The lowest BCUT2D eigenvalue weighted by atomic mass is 10.0. The van der Waals surface area contributed by atoms with E-state index in [1.165, 1.54) is 9.08 Å². The molecule has 1 aliphatic heterocycles. The minimum atomic E-state index is -0.376. The summed E-state index contributed by atoms with van der Waals surface area (Å²) >= 11 is 0. The lowest BCUT2D eigenvalue weighted by Gasteiger charge is -2.22. The summed E-state index contributed by atoms with van der Waals surface area (Å²) in [5.41, 5.74) is 3.30. The van der Waals surface area contributed by atoms with Gasteiger partial charge in [-0.2, -0.15) is 0 Å². The quantitative estimate of drug-likeness (QED) is 0.696. The summed E-state index contributed by atoms with van der Waals surface area (Å²) in [6.07, 6.45) is 3.65. The fourth-order valence-corrected chi connectivity index (χ4v) is 3.65. The van der Waals surface area contributed by atoms with E-state index >= 15 is 0 Å². The van der Waals surface area contributed by atoms with Gasteiger partial charge < -0.3 is 0 Å². The van der Waals surface area contributed by atoms with Gasteiger partial charge >= 0.3 is 5.69 Å². The number of hydrogen-bond donors (Lipinski definition) is 2. The van der Waals surface area contributed by atoms with Crippen LogP contribution in [-0.2, 0) is 6.54 Å². The average Bonchev–Trinajstić information content (AvgIpc) is 3.02. The Morgan fingerprint density at radius 1 is 1.10 bits per heavy atom. The third-order valence-corrected chi connectivity index (χ3v) is 5.00. The molecule has 0 fully saturated rings. The summed E-state index contributed by atoms with van der Waals surface area (Å²) in [6, 6.07) is 9.55. The zero-order valence-corrected chi connectivity index (χ0v) is 17.4. The third-order valence-electron chi connectivity index (χ3n) is 5.00. The predicted octanol–water partition coefficient (Wildman–Crippen LogP) is 2.08. The second-order valence-electron chi connectivity index (χ2n) is 7.88. The highest BCUT2D eigenvalue weighted by molar-refractivity contribution is 5.79. The van der Waals surface area contributed by atoms with Crippen molar-refractivity contribution >= 4 is 11.2 Å². The van der Waals surface area contributed by atoms with Crippen LogP contribution in [0.2, 0.25) is 0 Å². The van der Waals surface area contributed by atoms with Crippen LogP contribution >= 0.6 is 0 Å². The van der Waals surface area contributed by atoms with Crippen molar-refractivity contribution in [1.82, 2.24) is 24.2 Å². The van der Waals surface area contributed by atoms with E-state index in [-0.39, 0.29) is 17.2 Å². The van der Waals surface area contributed by atoms with E-state index in [1.807, 2.05) is 56.3 Å². The van der Waals surface area contributed by atoms with Gasteiger partial charge in [0.25, 0.3) is 0 Å². The number of benzene rings is 1. The van der Waals surface area contributed by atoms with E-state index in [4.69, 9.17) is 5.41 Å². The summed E-state index contributed by atoms with van der Waals surface area (Å²) in [5, 5.41) is 24.9. The largest absolute Gasteiger partial charge is 0.353 e. The molecule has 30 heavy (non-hydrogen) atoms. The molecule has 0 atom stereocenters. The highest BCUT2D eigenvalue weighted by Gasteiger charge is 2.19. The van der Waals surface area contributed by atoms with Crippen molar-refractivity contribution in [2.75, 3.05) is 0 Å². The van der Waals surface area contributed by atoms with Gasteiger partial charge in [0, 0.05) is 23.5 Å². The molecular weight excluding hydrogens is 380 g/mol. The van der Waals surface area contributed by atoms with E-state index < -0.39 is 0 Å². The van der Waals surface area contributed by atoms with Crippen LogP contribution in [0.25, 0.3) is 22.5 Å². The third kappa shape index (κ3) is 3.25. The van der Waals surface area contributed by atoms with E-state index in [1.54, 1.807) is 13.8 Å². The first kappa shape index (κ1) is 19.8. The molecule has 0 amide bonds. The van der Waals surface area contributed by atoms with Gasteiger partial charge in [-0.15, -0.1) is 5.10 Å². The Kier molecular flexibility index (Phi) is 4.87. The standard InChI is InChI=1S/C22H24N6O2/c1-13(2)12-26-22(29)27-20(25-26)18(17-10-14(3)28(30)15(4)11-17)19(24-21(27)23)16-8-6-5-7-9-16/h5-11,13,23,30H,12H2,1-4H3. The maximum absolute atomic E-state index is 13.0. The molecule has 0 bridgehead atoms. The molecule has 0 aliphatic carbocycles. The van der Waals surface area contributed by atoms with Crippen molar-refractivity contribution in [2.45, 2.75) is 34.2 Å². The first-order valence-electron chi connectivity index (χ1n) is 9.81. The summed E-state index contributed by atoms with van der Waals surface area (Å²) in [7, 11) is 0. The van der Waals surface area contributed by atoms with Crippen LogP contribution in [0, 0.1) is 11.3 Å². The zero-order valence-electron chi connectivity index (χ0n) is 17.4. The number of hydroxylamine groups is 2. The maximum atomic E-state index is 13.0. The summed E-state index contributed by atoms with van der Waals surface area (Å²) < 4.78 is 2.64. The summed E-state index contributed by atoms with van der Waals surface area (Å²) in [5.74, 6) is 0.223. The van der Waals surface area contributed by atoms with Gasteiger partial charge in [0.1, 0.15) is 0 Å². The first-order chi connectivity index (χ1) is 14.3. The number of hydrogen-bond acceptors (Lipinski definition) is 6. The van der Waals surface area contributed by atoms with Crippen LogP contribution in [0.3, 0.4) is 0 Å². The fourth-order valence-electron chi connectivity index (χ4n) is 3.65. The van der Waals surface area contributed by atoms with Gasteiger partial charge in [-0.05, 0) is 37.5 Å². The summed E-state index contributed by atoms with van der Waals surface area (Å²) in [6.45, 7) is 8.06. The Hall–Kier alpha value is -3.52. The molecule has 1 aliphatic rings. The average molecular weight is 404 g/mol. The van der Waals surface area contributed by atoms with Crippen LogP contribution in [0.1, 0.15) is 27.7 Å². The van der Waals surface area contributed by atoms with Crippen molar-refractivity contribution in [3.8, 4) is 11.3 Å². The van der Waals surface area contributed by atoms with E-state index in [9.17, 15) is 10.0 Å². The molecule has 1 aromatic carbocycles. The number of nitrogens with one attached hydrogen (secondary N) is 1. The molecule has 154 valence electrons. The Morgan fingerprint density at radius 3 is 2.33 bits per heavy atom. The number of nitrogens with zero attached hydrogens (tertiary/aromatic N) is 5. The van der Waals surface area contributed by atoms with E-state index in [0.717, 1.165) is 16.2 Å². The van der Waals surface area contributed by atoms with Crippen molar-refractivity contribution in [3.05, 3.63) is 75.2 Å². The molecular formula is C22H24N6O2. The minimum Gasteiger partial charge on any atom is -0.284 e. The lowest BCUT2D eigenvalue weighted by Crippen LogP contribution is -2.34. The number of allylic oxidation sites excluding steroid dienone is 4. The van der Waals surface area contributed by atoms with E-state index in [2.05, 4.69) is 10.1 Å². The topological polar surface area (TPSA) is 99.5 Å². The molecule has 0 saturated heterocycles. The molecule has 2 aromatic heterocycles. The zero-order chi connectivity index (χ0) is 21.6.